The van der Waals surface area contributed by atoms with Crippen molar-refractivity contribution in [3.05, 3.63) is 36.3 Å². The molecule has 47 heavy (non-hydrogen) atoms. The van der Waals surface area contributed by atoms with E-state index in [0.29, 0.717) is 24.5 Å². The number of anilines is 1. The second-order valence-electron chi connectivity index (χ2n) is 13.1. The average molecular weight is 677 g/mol. The molecular weight excluding hydrogens is 624 g/mol. The highest BCUT2D eigenvalue weighted by molar-refractivity contribution is 7.89. The Morgan fingerprint density at radius 2 is 1.87 bits per heavy atom. The first-order chi connectivity index (χ1) is 22.4. The molecule has 262 valence electrons. The summed E-state index contributed by atoms with van der Waals surface area (Å²) in [6.07, 6.45) is 9.67. The molecule has 4 atom stereocenters. The predicted molar refractivity (Wildman–Crippen MR) is 179 cm³/mol. The van der Waals surface area contributed by atoms with Gasteiger partial charge in [-0.1, -0.05) is 26.2 Å². The maximum Gasteiger partial charge on any atom is 0.319 e. The third-order valence-electron chi connectivity index (χ3n) is 9.04. The van der Waals surface area contributed by atoms with Gasteiger partial charge in [-0.25, -0.2) is 18.2 Å². The van der Waals surface area contributed by atoms with Crippen molar-refractivity contribution in [3.8, 4) is 5.75 Å². The lowest BCUT2D eigenvalue weighted by Crippen LogP contribution is -2.48. The smallest absolute Gasteiger partial charge is 0.319 e. The molecule has 1 saturated carbocycles. The molecule has 3 amide bonds. The monoisotopic (exact) mass is 676 g/mol. The number of fused-ring (bicyclic) bond motifs is 1. The number of imidazole rings is 1. The van der Waals surface area contributed by atoms with E-state index in [4.69, 9.17) is 9.47 Å². The molecule has 0 spiro atoms. The van der Waals surface area contributed by atoms with E-state index in [1.165, 1.54) is 30.3 Å². The van der Waals surface area contributed by atoms with Crippen molar-refractivity contribution in [2.24, 2.45) is 13.0 Å². The fourth-order valence-electron chi connectivity index (χ4n) is 6.10. The number of nitrogens with one attached hydrogen (secondary N) is 2. The number of carbonyl (C=O) groups excluding carboxylic acids is 2. The van der Waals surface area contributed by atoms with Crippen LogP contribution < -0.4 is 15.4 Å². The Bertz CT molecular complexity index is 1440. The van der Waals surface area contributed by atoms with Crippen LogP contribution >= 0.6 is 0 Å². The molecule has 13 nitrogen and oxygen atoms in total. The summed E-state index contributed by atoms with van der Waals surface area (Å²) in [6.45, 7) is 5.97. The normalized spacial score (nSPS) is 23.0. The highest BCUT2D eigenvalue weighted by atomic mass is 32.2. The Kier molecular flexibility index (Phi) is 13.1. The zero-order chi connectivity index (χ0) is 34.1. The Balaban J connectivity index is 1.60. The van der Waals surface area contributed by atoms with Crippen molar-refractivity contribution in [2.45, 2.75) is 101 Å². The lowest BCUT2D eigenvalue weighted by molar-refractivity contribution is -0.00835. The van der Waals surface area contributed by atoms with Gasteiger partial charge >= 0.3 is 6.03 Å². The molecule has 14 heteroatoms. The van der Waals surface area contributed by atoms with Crippen molar-refractivity contribution in [2.75, 3.05) is 38.7 Å². The molecule has 3 N–H and O–H groups in total. The van der Waals surface area contributed by atoms with E-state index in [9.17, 15) is 23.1 Å². The molecule has 1 aliphatic heterocycles. The van der Waals surface area contributed by atoms with Crippen LogP contribution in [0.4, 0.5) is 10.5 Å². The molecule has 0 radical (unpaired) electrons. The van der Waals surface area contributed by atoms with Gasteiger partial charge in [-0.2, -0.15) is 4.31 Å². The van der Waals surface area contributed by atoms with E-state index in [1.807, 2.05) is 13.8 Å². The minimum atomic E-state index is -3.87. The van der Waals surface area contributed by atoms with Crippen molar-refractivity contribution in [3.63, 3.8) is 0 Å². The van der Waals surface area contributed by atoms with Gasteiger partial charge in [0.1, 0.15) is 5.75 Å². The number of rotatable bonds is 8. The molecular formula is C33H52N6O7S. The van der Waals surface area contributed by atoms with Crippen molar-refractivity contribution < 1.29 is 32.6 Å². The molecule has 1 aromatic heterocycles. The summed E-state index contributed by atoms with van der Waals surface area (Å²) in [5, 5.41) is 16.1. The Morgan fingerprint density at radius 1 is 1.15 bits per heavy atom. The molecule has 1 aliphatic carbocycles. The van der Waals surface area contributed by atoms with Crippen molar-refractivity contribution >= 4 is 27.6 Å². The first-order valence-electron chi connectivity index (χ1n) is 16.7. The zero-order valence-corrected chi connectivity index (χ0v) is 29.2. The quantitative estimate of drug-likeness (QED) is 0.379. The van der Waals surface area contributed by atoms with Gasteiger partial charge in [0.2, 0.25) is 0 Å². The topological polar surface area (TPSA) is 155 Å². The number of ether oxygens (including phenoxy) is 2. The first kappa shape index (κ1) is 36.6. The number of aliphatic hydroxyl groups excluding tert-OH is 1. The van der Waals surface area contributed by atoms with Gasteiger partial charge in [0.05, 0.1) is 36.7 Å². The Morgan fingerprint density at radius 3 is 2.55 bits per heavy atom. The molecule has 1 fully saturated rings. The van der Waals surface area contributed by atoms with Gasteiger partial charge in [-0.3, -0.25) is 4.79 Å². The van der Waals surface area contributed by atoms with Crippen LogP contribution in [0, 0.1) is 5.92 Å². The van der Waals surface area contributed by atoms with E-state index >= 15 is 0 Å². The van der Waals surface area contributed by atoms with Crippen LogP contribution in [0.25, 0.3) is 0 Å². The highest BCUT2D eigenvalue weighted by Crippen LogP contribution is 2.29. The number of nitrogens with zero attached hydrogens (tertiary/aromatic N) is 4. The summed E-state index contributed by atoms with van der Waals surface area (Å²) < 4.78 is 42.0. The number of aromatic nitrogens is 2. The third kappa shape index (κ3) is 9.91. The van der Waals surface area contributed by atoms with Crippen LogP contribution in [0.5, 0.6) is 5.75 Å². The Hall–Kier alpha value is -3.20. The van der Waals surface area contributed by atoms with Crippen LogP contribution in [0.2, 0.25) is 0 Å². The van der Waals surface area contributed by atoms with Gasteiger partial charge in [0.15, 0.2) is 5.03 Å². The fraction of sp³-hybridized carbons (Fsp3) is 0.667. The zero-order valence-electron chi connectivity index (χ0n) is 28.4. The average Bonchev–Trinajstić information content (AvgIpc) is 3.49. The van der Waals surface area contributed by atoms with E-state index in [1.54, 1.807) is 41.6 Å². The second kappa shape index (κ2) is 16.8. The van der Waals surface area contributed by atoms with Crippen molar-refractivity contribution in [1.29, 1.82) is 0 Å². The molecule has 2 aromatic rings. The van der Waals surface area contributed by atoms with Gasteiger partial charge < -0.3 is 34.7 Å². The number of sulfonamides is 1. The molecule has 2 heterocycles. The molecule has 0 saturated heterocycles. The lowest BCUT2D eigenvalue weighted by atomic mass is 9.96. The molecule has 0 bridgehead atoms. The summed E-state index contributed by atoms with van der Waals surface area (Å²) in [6, 6.07) is 4.30. The summed E-state index contributed by atoms with van der Waals surface area (Å²) in [7, 11) is -0.669. The summed E-state index contributed by atoms with van der Waals surface area (Å²) in [5.41, 5.74) is 0.721. The van der Waals surface area contributed by atoms with Gasteiger partial charge in [-0.15, -0.1) is 0 Å². The summed E-state index contributed by atoms with van der Waals surface area (Å²) >= 11 is 0. The number of benzene rings is 1. The minimum absolute atomic E-state index is 0.0515. The standard InChI is InChI=1S/C33H52N6O7S/c1-23-18-39(24(2)21-40)32(41)28-17-27(36-33(42)35-26-12-7-6-8-13-26)14-15-29(28)46-25(3)11-9-10-16-45-30(23)19-38(5)47(43,44)31-20-37(4)22-34-31/h14-15,17,20,22-26,30,40H,6-13,16,18-19,21H2,1-5H3,(H2,35,36,42)/t23-,24+,25-,30+/m1/s1. The van der Waals surface area contributed by atoms with Crippen LogP contribution in [-0.4, -0.2) is 102 Å². The van der Waals surface area contributed by atoms with Crippen LogP contribution in [0.3, 0.4) is 0 Å². The number of amides is 3. The highest BCUT2D eigenvalue weighted by Gasteiger charge is 2.33. The molecule has 2 aliphatic rings. The van der Waals surface area contributed by atoms with Crippen LogP contribution in [0.1, 0.15) is 82.5 Å². The number of aliphatic hydroxyl groups is 1. The first-order valence-corrected chi connectivity index (χ1v) is 18.2. The maximum atomic E-state index is 14.3. The van der Waals surface area contributed by atoms with E-state index < -0.39 is 22.2 Å². The second-order valence-corrected chi connectivity index (χ2v) is 15.1. The third-order valence-corrected chi connectivity index (χ3v) is 10.8. The maximum absolute atomic E-state index is 14.3. The van der Waals surface area contributed by atoms with Gasteiger partial charge in [0.25, 0.3) is 15.9 Å². The number of hydrogen-bond acceptors (Lipinski definition) is 8. The number of hydrogen-bond donors (Lipinski definition) is 3. The number of urea groups is 1. The molecule has 4 rings (SSSR count). The van der Waals surface area contributed by atoms with Gasteiger partial charge in [0, 0.05) is 57.6 Å². The van der Waals surface area contributed by atoms with Crippen LogP contribution in [-0.2, 0) is 21.8 Å². The number of likely N-dealkylation sites (N-methyl/N-ethyl adjacent to an activating group) is 1. The SMILES string of the molecule is C[C@@H]1CCCCO[C@@H](CN(C)S(=O)(=O)c2cn(C)cn2)[C@H](C)CN([C@@H](C)CO)C(=O)c2cc(NC(=O)NC3CCCCC3)ccc2O1. The van der Waals surface area contributed by atoms with Crippen LogP contribution in [0.15, 0.2) is 35.7 Å². The summed E-state index contributed by atoms with van der Waals surface area (Å²) in [5.74, 6) is -0.292. The molecule has 0 unspecified atom stereocenters. The summed E-state index contributed by atoms with van der Waals surface area (Å²) in [4.78, 5) is 32.8. The lowest BCUT2D eigenvalue weighted by Gasteiger charge is -2.35. The van der Waals surface area contributed by atoms with E-state index in [0.717, 1.165) is 38.5 Å². The van der Waals surface area contributed by atoms with E-state index in [2.05, 4.69) is 15.6 Å². The minimum Gasteiger partial charge on any atom is -0.490 e. The van der Waals surface area contributed by atoms with Crippen molar-refractivity contribution in [1.82, 2.24) is 24.1 Å². The predicted octanol–water partition coefficient (Wildman–Crippen LogP) is 3.99. The number of aryl methyl sites for hydroxylation is 1. The van der Waals surface area contributed by atoms with E-state index in [-0.39, 0.29) is 60.3 Å². The van der Waals surface area contributed by atoms with Gasteiger partial charge in [-0.05, 0) is 64.2 Å². The molecule has 1 aromatic carbocycles. The fourth-order valence-corrected chi connectivity index (χ4v) is 7.24. The number of carbonyl (C=O) groups is 2. The Labute approximate surface area is 279 Å². The largest absolute Gasteiger partial charge is 0.490 e.